The summed E-state index contributed by atoms with van der Waals surface area (Å²) in [7, 11) is -4.91. The Labute approximate surface area is 117 Å². The largest absolute Gasteiger partial charge is 0.470 e. The summed E-state index contributed by atoms with van der Waals surface area (Å²) in [4.78, 5) is 32.7. The molecule has 0 bridgehead atoms. The van der Waals surface area contributed by atoms with Crippen LogP contribution in [0.1, 0.15) is 6.23 Å². The number of hydrogen-bond donors (Lipinski definition) is 5. The number of aromatic nitrogens is 2. The molecule has 2 rings (SSSR count). The van der Waals surface area contributed by atoms with Gasteiger partial charge in [0.15, 0.2) is 6.23 Å². The van der Waals surface area contributed by atoms with Gasteiger partial charge in [-0.15, -0.1) is 0 Å². The van der Waals surface area contributed by atoms with E-state index >= 15 is 0 Å². The molecule has 0 radical (unpaired) electrons. The highest BCUT2D eigenvalue weighted by Gasteiger charge is 2.48. The smallest absolute Gasteiger partial charge is 0.394 e. The third kappa shape index (κ3) is 3.47. The van der Waals surface area contributed by atoms with Crippen molar-refractivity contribution in [3.05, 3.63) is 22.7 Å². The van der Waals surface area contributed by atoms with Gasteiger partial charge in [0.2, 0.25) is 0 Å². The van der Waals surface area contributed by atoms with Crippen LogP contribution in [0, 0.1) is 0 Å². The van der Waals surface area contributed by atoms with Gasteiger partial charge in [-0.25, -0.2) is 9.36 Å². The summed E-state index contributed by atoms with van der Waals surface area (Å²) in [5.74, 6) is -0.0366. The maximum atomic E-state index is 11.7. The molecular formula is C9H14N3O8P. The minimum absolute atomic E-state index is 0.0366. The van der Waals surface area contributed by atoms with Crippen molar-refractivity contribution in [2.24, 2.45) is 0 Å². The van der Waals surface area contributed by atoms with Crippen LogP contribution in [0.4, 0.5) is 5.82 Å². The molecule has 0 aliphatic carbocycles. The van der Waals surface area contributed by atoms with Crippen molar-refractivity contribution >= 4 is 13.6 Å². The SMILES string of the molecule is Nc1ccn([C@@H]2O[C@H](CO)[C@@H](OP(=O)(O)O)[C@H]2O)c(=O)n1. The predicted octanol–water partition coefficient (Wildman–Crippen LogP) is -2.45. The Hall–Kier alpha value is -1.33. The molecule has 0 spiro atoms. The topological polar surface area (TPSA) is 177 Å². The lowest BCUT2D eigenvalue weighted by molar-refractivity contribution is -0.0548. The van der Waals surface area contributed by atoms with E-state index < -0.39 is 44.7 Å². The number of nitrogens with zero attached hydrogens (tertiary/aromatic N) is 2. The van der Waals surface area contributed by atoms with Crippen LogP contribution < -0.4 is 11.4 Å². The van der Waals surface area contributed by atoms with Gasteiger partial charge >= 0.3 is 13.5 Å². The van der Waals surface area contributed by atoms with Crippen molar-refractivity contribution in [2.75, 3.05) is 12.3 Å². The summed E-state index contributed by atoms with van der Waals surface area (Å²) < 4.78 is 21.4. The lowest BCUT2D eigenvalue weighted by atomic mass is 10.1. The van der Waals surface area contributed by atoms with Crippen molar-refractivity contribution in [3.63, 3.8) is 0 Å². The molecular weight excluding hydrogens is 309 g/mol. The molecule has 1 aliphatic rings. The highest BCUT2D eigenvalue weighted by Crippen LogP contribution is 2.43. The standard InChI is InChI=1S/C9H14N3O8P/c10-5-1-2-12(9(15)11-5)8-6(14)7(4(3-13)19-8)20-21(16,17)18/h1-2,4,6-8,13-14H,3H2,(H2,10,11,15)(H2,16,17,18)/t4-,6-,7-,8-/m1/s1. The van der Waals surface area contributed by atoms with Crippen LogP contribution in [-0.2, 0) is 13.8 Å². The van der Waals surface area contributed by atoms with Crippen LogP contribution >= 0.6 is 7.82 Å². The van der Waals surface area contributed by atoms with E-state index in [9.17, 15) is 14.5 Å². The molecule has 0 aromatic carbocycles. The highest BCUT2D eigenvalue weighted by molar-refractivity contribution is 7.46. The van der Waals surface area contributed by atoms with Crippen LogP contribution in [-0.4, -0.2) is 54.5 Å². The zero-order valence-electron chi connectivity index (χ0n) is 10.5. The fraction of sp³-hybridized carbons (Fsp3) is 0.556. The molecule has 0 saturated carbocycles. The van der Waals surface area contributed by atoms with Crippen LogP contribution in [0.2, 0.25) is 0 Å². The number of phosphoric ester groups is 1. The Bertz CT molecular complexity index is 615. The maximum Gasteiger partial charge on any atom is 0.470 e. The van der Waals surface area contributed by atoms with E-state index in [1.54, 1.807) is 0 Å². The van der Waals surface area contributed by atoms with E-state index in [4.69, 9.17) is 25.4 Å². The summed E-state index contributed by atoms with van der Waals surface area (Å²) in [5, 5.41) is 19.2. The third-order valence-corrected chi connectivity index (χ3v) is 3.39. The molecule has 0 unspecified atom stereocenters. The predicted molar refractivity (Wildman–Crippen MR) is 66.8 cm³/mol. The molecule has 1 fully saturated rings. The fourth-order valence-electron chi connectivity index (χ4n) is 2.00. The Balaban J connectivity index is 2.31. The van der Waals surface area contributed by atoms with E-state index in [0.717, 1.165) is 4.57 Å². The Morgan fingerprint density at radius 3 is 2.71 bits per heavy atom. The second-order valence-electron chi connectivity index (χ2n) is 4.34. The van der Waals surface area contributed by atoms with Gasteiger partial charge in [-0.1, -0.05) is 0 Å². The molecule has 21 heavy (non-hydrogen) atoms. The number of anilines is 1. The second kappa shape index (κ2) is 5.81. The van der Waals surface area contributed by atoms with E-state index in [1.165, 1.54) is 12.3 Å². The van der Waals surface area contributed by atoms with Gasteiger partial charge in [0, 0.05) is 6.20 Å². The molecule has 6 N–H and O–H groups in total. The second-order valence-corrected chi connectivity index (χ2v) is 5.53. The van der Waals surface area contributed by atoms with Gasteiger partial charge in [0.05, 0.1) is 6.61 Å². The number of aliphatic hydroxyl groups excluding tert-OH is 2. The summed E-state index contributed by atoms with van der Waals surface area (Å²) in [6.07, 6.45) is -4.45. The molecule has 118 valence electrons. The van der Waals surface area contributed by atoms with E-state index in [0.29, 0.717) is 0 Å². The lowest BCUT2D eigenvalue weighted by Crippen LogP contribution is -2.37. The molecule has 1 aliphatic heterocycles. The first kappa shape index (κ1) is 16.0. The van der Waals surface area contributed by atoms with Gasteiger partial charge in [0.1, 0.15) is 24.1 Å². The highest BCUT2D eigenvalue weighted by atomic mass is 31.2. The Kier molecular flexibility index (Phi) is 4.44. The average Bonchev–Trinajstić information content (AvgIpc) is 2.65. The zero-order valence-corrected chi connectivity index (χ0v) is 11.4. The van der Waals surface area contributed by atoms with Crippen LogP contribution in [0.25, 0.3) is 0 Å². The van der Waals surface area contributed by atoms with Gasteiger partial charge in [-0.2, -0.15) is 4.98 Å². The number of nitrogen functional groups attached to an aromatic ring is 1. The summed E-state index contributed by atoms with van der Waals surface area (Å²) in [6, 6.07) is 1.28. The van der Waals surface area contributed by atoms with Crippen LogP contribution in [0.5, 0.6) is 0 Å². The Morgan fingerprint density at radius 1 is 1.52 bits per heavy atom. The number of phosphoric acid groups is 1. The quantitative estimate of drug-likeness (QED) is 0.374. The number of rotatable bonds is 4. The molecule has 1 aromatic rings. The van der Waals surface area contributed by atoms with Gasteiger partial charge in [-0.3, -0.25) is 9.09 Å². The normalized spacial score (nSPS) is 29.7. The van der Waals surface area contributed by atoms with E-state index in [2.05, 4.69) is 9.51 Å². The van der Waals surface area contributed by atoms with Gasteiger partial charge in [0.25, 0.3) is 0 Å². The van der Waals surface area contributed by atoms with E-state index in [-0.39, 0.29) is 5.82 Å². The van der Waals surface area contributed by atoms with E-state index in [1.807, 2.05) is 0 Å². The Morgan fingerprint density at radius 2 is 2.19 bits per heavy atom. The monoisotopic (exact) mass is 323 g/mol. The van der Waals surface area contributed by atoms with Crippen LogP contribution in [0.3, 0.4) is 0 Å². The molecule has 0 amide bonds. The molecule has 2 heterocycles. The number of nitrogens with two attached hydrogens (primary N) is 1. The number of ether oxygens (including phenoxy) is 1. The zero-order chi connectivity index (χ0) is 15.8. The van der Waals surface area contributed by atoms with Crippen molar-refractivity contribution < 1.29 is 33.8 Å². The lowest BCUT2D eigenvalue weighted by Gasteiger charge is -2.20. The first-order valence-electron chi connectivity index (χ1n) is 5.76. The fourth-order valence-corrected chi connectivity index (χ4v) is 2.58. The molecule has 1 aromatic heterocycles. The molecule has 11 nitrogen and oxygen atoms in total. The number of hydrogen-bond acceptors (Lipinski definition) is 8. The van der Waals surface area contributed by atoms with Crippen molar-refractivity contribution in [3.8, 4) is 0 Å². The minimum Gasteiger partial charge on any atom is -0.394 e. The van der Waals surface area contributed by atoms with Gasteiger partial charge in [-0.05, 0) is 6.07 Å². The van der Waals surface area contributed by atoms with Crippen molar-refractivity contribution in [1.29, 1.82) is 0 Å². The summed E-state index contributed by atoms with van der Waals surface area (Å²) in [5.41, 5.74) is 4.50. The molecule has 12 heteroatoms. The summed E-state index contributed by atoms with van der Waals surface area (Å²) >= 11 is 0. The molecule has 4 atom stereocenters. The van der Waals surface area contributed by atoms with Crippen molar-refractivity contribution in [1.82, 2.24) is 9.55 Å². The first-order chi connectivity index (χ1) is 9.73. The minimum atomic E-state index is -4.91. The van der Waals surface area contributed by atoms with Gasteiger partial charge < -0.3 is 30.5 Å². The maximum absolute atomic E-state index is 11.7. The average molecular weight is 323 g/mol. The van der Waals surface area contributed by atoms with Crippen LogP contribution in [0.15, 0.2) is 17.1 Å². The third-order valence-electron chi connectivity index (χ3n) is 2.87. The first-order valence-corrected chi connectivity index (χ1v) is 7.29. The van der Waals surface area contributed by atoms with Crippen molar-refractivity contribution in [2.45, 2.75) is 24.5 Å². The number of aliphatic hydroxyl groups is 2. The summed E-state index contributed by atoms with van der Waals surface area (Å²) in [6.45, 7) is -0.671. The molecule has 1 saturated heterocycles.